The normalized spacial score (nSPS) is 12.9. The zero-order valence-electron chi connectivity index (χ0n) is 15.6. The molecule has 146 valence electrons. The molecule has 0 spiro atoms. The number of hydrogen-bond acceptors (Lipinski definition) is 6. The van der Waals surface area contributed by atoms with Crippen molar-refractivity contribution in [2.24, 2.45) is 0 Å². The molecule has 8 heteroatoms. The first-order valence-electron chi connectivity index (χ1n) is 8.84. The van der Waals surface area contributed by atoms with Crippen LogP contribution in [0, 0.1) is 10.1 Å². The van der Waals surface area contributed by atoms with Gasteiger partial charge < -0.3 is 14.4 Å². The van der Waals surface area contributed by atoms with E-state index in [4.69, 9.17) is 4.74 Å². The number of non-ortho nitro benzene ring substituents is 1. The van der Waals surface area contributed by atoms with Gasteiger partial charge in [0.05, 0.1) is 24.2 Å². The zero-order valence-corrected chi connectivity index (χ0v) is 15.6. The van der Waals surface area contributed by atoms with E-state index in [1.807, 2.05) is 25.1 Å². The van der Waals surface area contributed by atoms with Crippen LogP contribution in [0.1, 0.15) is 38.8 Å². The van der Waals surface area contributed by atoms with Gasteiger partial charge in [0.25, 0.3) is 11.6 Å². The maximum Gasteiger partial charge on any atom is 0.338 e. The number of carbonyl (C=O) groups is 2. The Morgan fingerprint density at radius 3 is 2.57 bits per heavy atom. The standard InChI is InChI=1S/C20H20N2O6/c1-3-28-18-5-4-13-6-7-21(12-16(13)11-18)19(23)14-8-15(20(24)27-2)10-17(9-14)22(25)26/h4-5,8-11H,3,6-7,12H2,1-2H3. The summed E-state index contributed by atoms with van der Waals surface area (Å²) in [5.74, 6) is -0.372. The van der Waals surface area contributed by atoms with Crippen LogP contribution >= 0.6 is 0 Å². The quantitative estimate of drug-likeness (QED) is 0.446. The molecule has 1 aliphatic heterocycles. The fourth-order valence-corrected chi connectivity index (χ4v) is 3.22. The molecular formula is C20H20N2O6. The molecule has 2 aromatic rings. The highest BCUT2D eigenvalue weighted by Crippen LogP contribution is 2.26. The number of nitro groups is 1. The van der Waals surface area contributed by atoms with Crippen molar-refractivity contribution in [2.75, 3.05) is 20.3 Å². The van der Waals surface area contributed by atoms with Crippen molar-refractivity contribution in [1.29, 1.82) is 0 Å². The van der Waals surface area contributed by atoms with Crippen LogP contribution in [-0.4, -0.2) is 42.0 Å². The number of hydrogen-bond donors (Lipinski definition) is 0. The molecule has 0 aromatic heterocycles. The monoisotopic (exact) mass is 384 g/mol. The Labute approximate surface area is 161 Å². The van der Waals surface area contributed by atoms with E-state index >= 15 is 0 Å². The van der Waals surface area contributed by atoms with Crippen molar-refractivity contribution in [3.05, 3.63) is 68.8 Å². The highest BCUT2D eigenvalue weighted by Gasteiger charge is 2.25. The molecule has 2 aromatic carbocycles. The first-order chi connectivity index (χ1) is 13.4. The summed E-state index contributed by atoms with van der Waals surface area (Å²) in [6.07, 6.45) is 0.673. The summed E-state index contributed by atoms with van der Waals surface area (Å²) in [6.45, 7) is 3.29. The van der Waals surface area contributed by atoms with Gasteiger partial charge in [0, 0.05) is 30.8 Å². The molecule has 0 N–H and O–H groups in total. The Morgan fingerprint density at radius 2 is 1.89 bits per heavy atom. The lowest BCUT2D eigenvalue weighted by Gasteiger charge is -2.29. The van der Waals surface area contributed by atoms with Gasteiger partial charge in [0.1, 0.15) is 5.75 Å². The van der Waals surface area contributed by atoms with E-state index in [9.17, 15) is 19.7 Å². The molecule has 0 aliphatic carbocycles. The van der Waals surface area contributed by atoms with E-state index in [0.717, 1.165) is 22.9 Å². The highest BCUT2D eigenvalue weighted by molar-refractivity contribution is 5.99. The summed E-state index contributed by atoms with van der Waals surface area (Å²) in [4.78, 5) is 37.0. The molecule has 0 unspecified atom stereocenters. The lowest BCUT2D eigenvalue weighted by Crippen LogP contribution is -2.36. The Hall–Kier alpha value is -3.42. The van der Waals surface area contributed by atoms with Gasteiger partial charge in [-0.15, -0.1) is 0 Å². The van der Waals surface area contributed by atoms with E-state index in [-0.39, 0.29) is 22.7 Å². The molecule has 0 saturated heterocycles. The zero-order chi connectivity index (χ0) is 20.3. The van der Waals surface area contributed by atoms with Gasteiger partial charge in [-0.1, -0.05) is 6.07 Å². The van der Waals surface area contributed by atoms with E-state index in [1.54, 1.807) is 4.90 Å². The van der Waals surface area contributed by atoms with Crippen molar-refractivity contribution in [1.82, 2.24) is 4.90 Å². The summed E-state index contributed by atoms with van der Waals surface area (Å²) in [7, 11) is 1.18. The molecule has 0 fully saturated rings. The summed E-state index contributed by atoms with van der Waals surface area (Å²) in [5.41, 5.74) is 1.84. The van der Waals surface area contributed by atoms with Gasteiger partial charge in [0.2, 0.25) is 0 Å². The number of methoxy groups -OCH3 is 1. The molecule has 3 rings (SSSR count). The fraction of sp³-hybridized carbons (Fsp3) is 0.300. The maximum absolute atomic E-state index is 13.0. The van der Waals surface area contributed by atoms with Crippen molar-refractivity contribution in [3.63, 3.8) is 0 Å². The predicted molar refractivity (Wildman–Crippen MR) is 100 cm³/mol. The topological polar surface area (TPSA) is 99.0 Å². The summed E-state index contributed by atoms with van der Waals surface area (Å²) in [5, 5.41) is 11.2. The molecule has 1 amide bonds. The van der Waals surface area contributed by atoms with E-state index in [2.05, 4.69) is 4.74 Å². The van der Waals surface area contributed by atoms with E-state index < -0.39 is 10.9 Å². The third-order valence-electron chi connectivity index (χ3n) is 4.58. The Morgan fingerprint density at radius 1 is 1.14 bits per heavy atom. The second-order valence-corrected chi connectivity index (χ2v) is 6.36. The smallest absolute Gasteiger partial charge is 0.338 e. The van der Waals surface area contributed by atoms with Gasteiger partial charge in [-0.3, -0.25) is 14.9 Å². The second-order valence-electron chi connectivity index (χ2n) is 6.36. The Balaban J connectivity index is 1.90. The van der Waals surface area contributed by atoms with Crippen LogP contribution in [0.5, 0.6) is 5.75 Å². The van der Waals surface area contributed by atoms with Crippen LogP contribution in [-0.2, 0) is 17.7 Å². The first-order valence-corrected chi connectivity index (χ1v) is 8.84. The molecule has 1 heterocycles. The summed E-state index contributed by atoms with van der Waals surface area (Å²) >= 11 is 0. The number of ether oxygens (including phenoxy) is 2. The minimum atomic E-state index is -0.733. The molecule has 0 atom stereocenters. The van der Waals surface area contributed by atoms with Crippen LogP contribution < -0.4 is 4.74 Å². The van der Waals surface area contributed by atoms with Gasteiger partial charge in [-0.2, -0.15) is 0 Å². The van der Waals surface area contributed by atoms with E-state index in [0.29, 0.717) is 26.1 Å². The number of carbonyl (C=O) groups excluding carboxylic acids is 2. The molecule has 1 aliphatic rings. The fourth-order valence-electron chi connectivity index (χ4n) is 3.22. The van der Waals surface area contributed by atoms with Crippen molar-refractivity contribution >= 4 is 17.6 Å². The molecule has 8 nitrogen and oxygen atoms in total. The van der Waals surface area contributed by atoms with Crippen molar-refractivity contribution < 1.29 is 24.0 Å². The average molecular weight is 384 g/mol. The SMILES string of the molecule is CCOc1ccc2c(c1)CN(C(=O)c1cc(C(=O)OC)cc([N+](=O)[O-])c1)CC2. The summed E-state index contributed by atoms with van der Waals surface area (Å²) < 4.78 is 10.2. The van der Waals surface area contributed by atoms with Crippen LogP contribution in [0.2, 0.25) is 0 Å². The first kappa shape index (κ1) is 19.3. The highest BCUT2D eigenvalue weighted by atomic mass is 16.6. The van der Waals surface area contributed by atoms with Crippen molar-refractivity contribution in [3.8, 4) is 5.75 Å². The number of fused-ring (bicyclic) bond motifs is 1. The maximum atomic E-state index is 13.0. The third kappa shape index (κ3) is 3.95. The molecule has 0 radical (unpaired) electrons. The van der Waals surface area contributed by atoms with Crippen LogP contribution in [0.4, 0.5) is 5.69 Å². The van der Waals surface area contributed by atoms with Gasteiger partial charge in [0.15, 0.2) is 0 Å². The number of esters is 1. The number of nitrogens with zero attached hydrogens (tertiary/aromatic N) is 2. The minimum absolute atomic E-state index is 0.0314. The number of amides is 1. The Bertz CT molecular complexity index is 940. The molecule has 0 saturated carbocycles. The Kier molecular flexibility index (Phi) is 5.58. The largest absolute Gasteiger partial charge is 0.494 e. The van der Waals surface area contributed by atoms with Crippen molar-refractivity contribution in [2.45, 2.75) is 19.9 Å². The van der Waals surface area contributed by atoms with E-state index in [1.165, 1.54) is 19.2 Å². The number of benzene rings is 2. The lowest BCUT2D eigenvalue weighted by molar-refractivity contribution is -0.384. The van der Waals surface area contributed by atoms with Crippen LogP contribution in [0.3, 0.4) is 0 Å². The van der Waals surface area contributed by atoms with Gasteiger partial charge in [-0.25, -0.2) is 4.79 Å². The second kappa shape index (κ2) is 8.08. The van der Waals surface area contributed by atoms with Crippen LogP contribution in [0.25, 0.3) is 0 Å². The predicted octanol–water partition coefficient (Wildman–Crippen LogP) is 2.98. The lowest BCUT2D eigenvalue weighted by atomic mass is 9.98. The third-order valence-corrected chi connectivity index (χ3v) is 4.58. The number of rotatable bonds is 5. The number of nitro benzene ring substituents is 1. The molecule has 28 heavy (non-hydrogen) atoms. The van der Waals surface area contributed by atoms with Crippen LogP contribution in [0.15, 0.2) is 36.4 Å². The van der Waals surface area contributed by atoms with Gasteiger partial charge >= 0.3 is 5.97 Å². The minimum Gasteiger partial charge on any atom is -0.494 e. The average Bonchev–Trinajstić information content (AvgIpc) is 2.71. The molecular weight excluding hydrogens is 364 g/mol. The molecule has 0 bridgehead atoms. The summed E-state index contributed by atoms with van der Waals surface area (Å²) in [6, 6.07) is 9.41. The van der Waals surface area contributed by atoms with Gasteiger partial charge in [-0.05, 0) is 42.7 Å².